The van der Waals surface area contributed by atoms with E-state index < -0.39 is 22.0 Å². The van der Waals surface area contributed by atoms with E-state index in [1.165, 1.54) is 11.9 Å². The molecule has 0 spiro atoms. The first-order chi connectivity index (χ1) is 17.6. The molecule has 1 fully saturated rings. The lowest BCUT2D eigenvalue weighted by molar-refractivity contribution is -0.141. The fraction of sp³-hybridized carbons (Fsp3) is 0.462. The Labute approximate surface area is 224 Å². The fourth-order valence-electron chi connectivity index (χ4n) is 4.02. The highest BCUT2D eigenvalue weighted by atomic mass is 35.5. The molecular formula is C26H35ClN4O5S. The molecule has 9 nitrogen and oxygen atoms in total. The Hall–Kier alpha value is -2.50. The highest BCUT2D eigenvalue weighted by molar-refractivity contribution is 7.88. The van der Waals surface area contributed by atoms with E-state index in [2.05, 4.69) is 10.2 Å². The molecule has 0 radical (unpaired) electrons. The molecule has 2 aromatic rings. The minimum atomic E-state index is -3.59. The molecule has 2 aromatic carbocycles. The maximum atomic E-state index is 13.6. The third-order valence-electron chi connectivity index (χ3n) is 6.29. The Kier molecular flexibility index (Phi) is 10.9. The van der Waals surface area contributed by atoms with Crippen LogP contribution in [0.1, 0.15) is 11.1 Å². The van der Waals surface area contributed by atoms with Crippen LogP contribution in [0.5, 0.6) is 0 Å². The van der Waals surface area contributed by atoms with Crippen LogP contribution in [0, 0.1) is 0 Å². The second-order valence-corrected chi connectivity index (χ2v) is 11.6. The molecule has 0 saturated carbocycles. The third kappa shape index (κ3) is 9.39. The van der Waals surface area contributed by atoms with E-state index in [1.807, 2.05) is 30.3 Å². The van der Waals surface area contributed by atoms with Crippen LogP contribution in [0.25, 0.3) is 0 Å². The van der Waals surface area contributed by atoms with Crippen LogP contribution in [0.2, 0.25) is 5.02 Å². The van der Waals surface area contributed by atoms with Crippen molar-refractivity contribution >= 4 is 33.4 Å². The van der Waals surface area contributed by atoms with Gasteiger partial charge in [-0.15, -0.1) is 0 Å². The Morgan fingerprint density at radius 3 is 2.32 bits per heavy atom. The lowest BCUT2D eigenvalue weighted by atomic mass is 10.0. The summed E-state index contributed by atoms with van der Waals surface area (Å²) >= 11 is 6.04. The molecule has 1 heterocycles. The summed E-state index contributed by atoms with van der Waals surface area (Å²) in [5.74, 6) is -0.756. The van der Waals surface area contributed by atoms with E-state index in [1.54, 1.807) is 24.3 Å². The SMILES string of the molecule is CN(CC(=O)N(Cc1ccc(Cl)cc1)[C@@H](Cc1ccccc1)C(=O)NCCN1CCOCC1)S(C)(=O)=O. The predicted molar refractivity (Wildman–Crippen MR) is 144 cm³/mol. The van der Waals surface area contributed by atoms with Gasteiger partial charge in [0.2, 0.25) is 21.8 Å². The lowest BCUT2D eigenvalue weighted by Gasteiger charge is -2.33. The van der Waals surface area contributed by atoms with E-state index in [-0.39, 0.29) is 25.4 Å². The standard InChI is InChI=1S/C26H35ClN4O5S/c1-29(37(2,34)35)20-25(32)31(19-22-8-10-23(27)11-9-22)24(18-21-6-4-3-5-7-21)26(33)28-12-13-30-14-16-36-17-15-30/h3-11,24H,12-20H2,1-2H3,(H,28,33)/t24-/m0/s1. The van der Waals surface area contributed by atoms with Crippen molar-refractivity contribution < 1.29 is 22.7 Å². The van der Waals surface area contributed by atoms with Gasteiger partial charge in [0.05, 0.1) is 26.0 Å². The Bertz CT molecular complexity index is 1130. The van der Waals surface area contributed by atoms with Crippen LogP contribution < -0.4 is 5.32 Å². The minimum absolute atomic E-state index is 0.127. The molecule has 0 aliphatic carbocycles. The maximum Gasteiger partial charge on any atom is 0.243 e. The summed E-state index contributed by atoms with van der Waals surface area (Å²) in [5.41, 5.74) is 1.67. The molecule has 11 heteroatoms. The van der Waals surface area contributed by atoms with Gasteiger partial charge in [-0.3, -0.25) is 14.5 Å². The quantitative estimate of drug-likeness (QED) is 0.431. The normalized spacial score (nSPS) is 15.4. The second kappa shape index (κ2) is 13.9. The van der Waals surface area contributed by atoms with Crippen molar-refractivity contribution in [3.8, 4) is 0 Å². The largest absolute Gasteiger partial charge is 0.379 e. The molecule has 1 atom stereocenters. The second-order valence-electron chi connectivity index (χ2n) is 9.12. The van der Waals surface area contributed by atoms with Crippen LogP contribution in [-0.4, -0.2) is 99.6 Å². The fourth-order valence-corrected chi connectivity index (χ4v) is 4.49. The van der Waals surface area contributed by atoms with Gasteiger partial charge in [-0.25, -0.2) is 8.42 Å². The summed E-state index contributed by atoms with van der Waals surface area (Å²) in [7, 11) is -2.24. The molecule has 1 aliphatic heterocycles. The number of carbonyl (C=O) groups excluding carboxylic acids is 2. The van der Waals surface area contributed by atoms with Gasteiger partial charge in [0.15, 0.2) is 0 Å². The first-order valence-electron chi connectivity index (χ1n) is 12.2. The van der Waals surface area contributed by atoms with Crippen molar-refractivity contribution in [2.24, 2.45) is 0 Å². The van der Waals surface area contributed by atoms with Crippen LogP contribution in [0.3, 0.4) is 0 Å². The first kappa shape index (κ1) is 29.1. The van der Waals surface area contributed by atoms with Gasteiger partial charge in [-0.1, -0.05) is 54.1 Å². The van der Waals surface area contributed by atoms with Crippen molar-refractivity contribution in [3.05, 3.63) is 70.7 Å². The summed E-state index contributed by atoms with van der Waals surface area (Å²) in [5, 5.41) is 3.55. The van der Waals surface area contributed by atoms with Gasteiger partial charge >= 0.3 is 0 Å². The highest BCUT2D eigenvalue weighted by Crippen LogP contribution is 2.17. The predicted octanol–water partition coefficient (Wildman–Crippen LogP) is 1.62. The average Bonchev–Trinajstić information content (AvgIpc) is 2.87. The average molecular weight is 551 g/mol. The molecule has 0 unspecified atom stereocenters. The molecule has 0 aromatic heterocycles. The number of rotatable bonds is 12. The van der Waals surface area contributed by atoms with Crippen molar-refractivity contribution in [2.75, 3.05) is 59.2 Å². The molecular weight excluding hydrogens is 516 g/mol. The van der Waals surface area contributed by atoms with E-state index in [4.69, 9.17) is 16.3 Å². The van der Waals surface area contributed by atoms with Gasteiger partial charge in [0, 0.05) is 51.2 Å². The maximum absolute atomic E-state index is 13.6. The molecule has 0 bridgehead atoms. The van der Waals surface area contributed by atoms with Crippen molar-refractivity contribution in [3.63, 3.8) is 0 Å². The summed E-state index contributed by atoms with van der Waals surface area (Å²) in [4.78, 5) is 30.8. The number of halogens is 1. The molecule has 1 N–H and O–H groups in total. The number of nitrogens with zero attached hydrogens (tertiary/aromatic N) is 3. The number of nitrogens with one attached hydrogen (secondary N) is 1. The first-order valence-corrected chi connectivity index (χ1v) is 14.4. The van der Waals surface area contributed by atoms with Gasteiger partial charge in [-0.2, -0.15) is 4.31 Å². The molecule has 37 heavy (non-hydrogen) atoms. The molecule has 202 valence electrons. The zero-order valence-corrected chi connectivity index (χ0v) is 22.9. The van der Waals surface area contributed by atoms with Gasteiger partial charge in [-0.05, 0) is 23.3 Å². The third-order valence-corrected chi connectivity index (χ3v) is 7.81. The van der Waals surface area contributed by atoms with Gasteiger partial charge in [0.25, 0.3) is 0 Å². The van der Waals surface area contributed by atoms with Crippen LogP contribution >= 0.6 is 11.6 Å². The minimum Gasteiger partial charge on any atom is -0.379 e. The Morgan fingerprint density at radius 2 is 1.70 bits per heavy atom. The number of amides is 2. The number of carbonyl (C=O) groups is 2. The van der Waals surface area contributed by atoms with Crippen LogP contribution in [0.4, 0.5) is 0 Å². The summed E-state index contributed by atoms with van der Waals surface area (Å²) in [6.45, 7) is 3.81. The van der Waals surface area contributed by atoms with E-state index in [9.17, 15) is 18.0 Å². The molecule has 1 aliphatic rings. The van der Waals surface area contributed by atoms with E-state index >= 15 is 0 Å². The number of likely N-dealkylation sites (N-methyl/N-ethyl adjacent to an activating group) is 1. The molecule has 1 saturated heterocycles. The Morgan fingerprint density at radius 1 is 1.05 bits per heavy atom. The van der Waals surface area contributed by atoms with Gasteiger partial charge in [0.1, 0.15) is 6.04 Å². The number of sulfonamides is 1. The lowest BCUT2D eigenvalue weighted by Crippen LogP contribution is -2.53. The van der Waals surface area contributed by atoms with Gasteiger partial charge < -0.3 is 15.0 Å². The molecule has 3 rings (SSSR count). The van der Waals surface area contributed by atoms with Crippen LogP contribution in [0.15, 0.2) is 54.6 Å². The summed E-state index contributed by atoms with van der Waals surface area (Å²) in [6.07, 6.45) is 1.33. The number of ether oxygens (including phenoxy) is 1. The van der Waals surface area contributed by atoms with Crippen molar-refractivity contribution in [2.45, 2.75) is 19.0 Å². The summed E-state index contributed by atoms with van der Waals surface area (Å²) in [6, 6.07) is 15.6. The van der Waals surface area contributed by atoms with Crippen molar-refractivity contribution in [1.29, 1.82) is 0 Å². The number of hydrogen-bond donors (Lipinski definition) is 1. The summed E-state index contributed by atoms with van der Waals surface area (Å²) < 4.78 is 30.4. The van der Waals surface area contributed by atoms with E-state index in [0.717, 1.165) is 34.8 Å². The molecule has 2 amide bonds. The monoisotopic (exact) mass is 550 g/mol. The number of hydrogen-bond acceptors (Lipinski definition) is 6. The zero-order valence-electron chi connectivity index (χ0n) is 21.3. The van der Waals surface area contributed by atoms with E-state index in [0.29, 0.717) is 31.3 Å². The number of morpholine rings is 1. The van der Waals surface area contributed by atoms with Crippen LogP contribution in [-0.2, 0) is 37.3 Å². The number of benzene rings is 2. The van der Waals surface area contributed by atoms with Crippen molar-refractivity contribution in [1.82, 2.24) is 19.4 Å². The smallest absolute Gasteiger partial charge is 0.243 e. The zero-order chi connectivity index (χ0) is 26.8. The highest BCUT2D eigenvalue weighted by Gasteiger charge is 2.32. The Balaban J connectivity index is 1.85. The topological polar surface area (TPSA) is 99.3 Å².